The van der Waals surface area contributed by atoms with Crippen LogP contribution in [-0.4, -0.2) is 37.6 Å². The van der Waals surface area contributed by atoms with E-state index in [2.05, 4.69) is 24.1 Å². The third kappa shape index (κ3) is 1.72. The number of nitrogens with one attached hydrogen (secondary N) is 1. The van der Waals surface area contributed by atoms with E-state index < -0.39 is 0 Å². The zero-order chi connectivity index (χ0) is 10.5. The summed E-state index contributed by atoms with van der Waals surface area (Å²) >= 11 is 0. The summed E-state index contributed by atoms with van der Waals surface area (Å²) in [5.74, 6) is 3.03. The number of hydrogen-bond acceptors (Lipinski definition) is 2. The molecule has 3 fully saturated rings. The molecule has 0 amide bonds. The molecule has 3 aliphatic rings. The van der Waals surface area contributed by atoms with Crippen molar-refractivity contribution in [3.63, 3.8) is 0 Å². The molecule has 0 aromatic rings. The van der Waals surface area contributed by atoms with E-state index in [4.69, 9.17) is 0 Å². The largest absolute Gasteiger partial charge is 0.317 e. The molecule has 0 aromatic heterocycles. The Balaban J connectivity index is 1.47. The average molecular weight is 208 g/mol. The van der Waals surface area contributed by atoms with Gasteiger partial charge in [0, 0.05) is 19.6 Å². The Morgan fingerprint density at radius 3 is 2.33 bits per heavy atom. The molecule has 1 aliphatic carbocycles. The van der Waals surface area contributed by atoms with Crippen LogP contribution in [0.5, 0.6) is 0 Å². The smallest absolute Gasteiger partial charge is 0.00185 e. The zero-order valence-corrected chi connectivity index (χ0v) is 10.1. The molecule has 15 heavy (non-hydrogen) atoms. The summed E-state index contributed by atoms with van der Waals surface area (Å²) in [5.41, 5.74) is 0.685. The second-order valence-electron chi connectivity index (χ2n) is 6.45. The summed E-state index contributed by atoms with van der Waals surface area (Å²) < 4.78 is 0. The lowest BCUT2D eigenvalue weighted by Crippen LogP contribution is -2.36. The summed E-state index contributed by atoms with van der Waals surface area (Å²) in [4.78, 5) is 2.73. The van der Waals surface area contributed by atoms with Crippen molar-refractivity contribution in [3.05, 3.63) is 0 Å². The lowest BCUT2D eigenvalue weighted by Gasteiger charge is -2.29. The van der Waals surface area contributed by atoms with Crippen LogP contribution in [0.25, 0.3) is 0 Å². The zero-order valence-electron chi connectivity index (χ0n) is 10.1. The van der Waals surface area contributed by atoms with E-state index in [9.17, 15) is 0 Å². The Bertz CT molecular complexity index is 229. The molecule has 2 saturated heterocycles. The third-order valence-electron chi connectivity index (χ3n) is 5.17. The van der Waals surface area contributed by atoms with Gasteiger partial charge in [0.1, 0.15) is 0 Å². The molecule has 2 aliphatic heterocycles. The van der Waals surface area contributed by atoms with E-state index in [1.807, 2.05) is 0 Å². The molecule has 0 bridgehead atoms. The van der Waals surface area contributed by atoms with Crippen molar-refractivity contribution in [3.8, 4) is 0 Å². The lowest BCUT2D eigenvalue weighted by atomic mass is 9.97. The molecule has 0 radical (unpaired) electrons. The maximum absolute atomic E-state index is 3.45. The van der Waals surface area contributed by atoms with Crippen molar-refractivity contribution in [2.75, 3.05) is 32.7 Å². The summed E-state index contributed by atoms with van der Waals surface area (Å²) in [5, 5.41) is 3.45. The highest BCUT2D eigenvalue weighted by Gasteiger charge is 2.61. The van der Waals surface area contributed by atoms with E-state index in [-0.39, 0.29) is 0 Å². The number of rotatable bonds is 2. The van der Waals surface area contributed by atoms with E-state index in [0.717, 1.165) is 17.8 Å². The molecule has 86 valence electrons. The Labute approximate surface area is 93.4 Å². The maximum atomic E-state index is 3.45. The van der Waals surface area contributed by atoms with Crippen LogP contribution in [0.2, 0.25) is 0 Å². The van der Waals surface area contributed by atoms with E-state index in [1.165, 1.54) is 45.6 Å². The normalized spacial score (nSPS) is 40.4. The summed E-state index contributed by atoms with van der Waals surface area (Å²) in [6.45, 7) is 11.6. The van der Waals surface area contributed by atoms with Gasteiger partial charge in [0.05, 0.1) is 0 Å². The number of piperidine rings is 2. The third-order valence-corrected chi connectivity index (χ3v) is 5.17. The molecule has 0 spiro atoms. The Hall–Kier alpha value is -0.0800. The van der Waals surface area contributed by atoms with Crippen LogP contribution in [-0.2, 0) is 0 Å². The van der Waals surface area contributed by atoms with Crippen LogP contribution in [0.3, 0.4) is 0 Å². The topological polar surface area (TPSA) is 15.3 Å². The second-order valence-corrected chi connectivity index (χ2v) is 6.45. The predicted molar refractivity (Wildman–Crippen MR) is 62.8 cm³/mol. The van der Waals surface area contributed by atoms with Gasteiger partial charge in [-0.2, -0.15) is 0 Å². The van der Waals surface area contributed by atoms with Gasteiger partial charge in [-0.3, -0.25) is 0 Å². The average Bonchev–Trinajstić information content (AvgIpc) is 2.64. The minimum atomic E-state index is 0.685. The van der Waals surface area contributed by atoms with Gasteiger partial charge in [0.25, 0.3) is 0 Å². The number of fused-ring (bicyclic) bond motifs is 1. The summed E-state index contributed by atoms with van der Waals surface area (Å²) in [6, 6.07) is 0. The Morgan fingerprint density at radius 1 is 1.13 bits per heavy atom. The monoisotopic (exact) mass is 208 g/mol. The first-order chi connectivity index (χ1) is 7.18. The van der Waals surface area contributed by atoms with Crippen LogP contribution in [0, 0.1) is 23.2 Å². The molecule has 1 saturated carbocycles. The predicted octanol–water partition coefficient (Wildman–Crippen LogP) is 1.57. The van der Waals surface area contributed by atoms with Crippen LogP contribution in [0.15, 0.2) is 0 Å². The number of hydrogen-bond donors (Lipinski definition) is 1. The summed E-state index contributed by atoms with van der Waals surface area (Å²) in [6.07, 6.45) is 2.80. The molecule has 3 rings (SSSR count). The fraction of sp³-hybridized carbons (Fsp3) is 1.00. The summed E-state index contributed by atoms with van der Waals surface area (Å²) in [7, 11) is 0. The molecule has 2 atom stereocenters. The van der Waals surface area contributed by atoms with Crippen LogP contribution in [0.1, 0.15) is 26.7 Å². The first kappa shape index (κ1) is 10.1. The van der Waals surface area contributed by atoms with Crippen molar-refractivity contribution in [2.24, 2.45) is 23.2 Å². The van der Waals surface area contributed by atoms with Gasteiger partial charge in [-0.25, -0.2) is 0 Å². The fourth-order valence-electron chi connectivity index (χ4n) is 3.79. The van der Waals surface area contributed by atoms with Crippen molar-refractivity contribution in [1.82, 2.24) is 10.2 Å². The molecule has 2 heterocycles. The molecule has 2 unspecified atom stereocenters. The lowest BCUT2D eigenvalue weighted by molar-refractivity contribution is 0.201. The van der Waals surface area contributed by atoms with Gasteiger partial charge in [0.2, 0.25) is 0 Å². The number of nitrogens with zero attached hydrogens (tertiary/aromatic N) is 1. The second kappa shape index (κ2) is 3.46. The van der Waals surface area contributed by atoms with Crippen molar-refractivity contribution in [2.45, 2.75) is 26.7 Å². The van der Waals surface area contributed by atoms with Crippen LogP contribution < -0.4 is 5.32 Å². The quantitative estimate of drug-likeness (QED) is 0.741. The van der Waals surface area contributed by atoms with Gasteiger partial charge >= 0.3 is 0 Å². The van der Waals surface area contributed by atoms with Gasteiger partial charge in [-0.05, 0) is 49.1 Å². The molecule has 0 aromatic carbocycles. The molecular weight excluding hydrogens is 184 g/mol. The molecular formula is C13H24N2. The highest BCUT2D eigenvalue weighted by Crippen LogP contribution is 2.61. The Morgan fingerprint density at radius 2 is 1.73 bits per heavy atom. The number of likely N-dealkylation sites (tertiary alicyclic amines) is 1. The SMILES string of the molecule is CC1(C)C2CN(CC3CCNCC3)CC21. The van der Waals surface area contributed by atoms with Gasteiger partial charge in [-0.15, -0.1) is 0 Å². The minimum absolute atomic E-state index is 0.685. The highest BCUT2D eigenvalue weighted by molar-refractivity contribution is 5.11. The van der Waals surface area contributed by atoms with Crippen molar-refractivity contribution >= 4 is 0 Å². The molecule has 2 heteroatoms. The van der Waals surface area contributed by atoms with Gasteiger partial charge < -0.3 is 10.2 Å². The van der Waals surface area contributed by atoms with Crippen LogP contribution >= 0.6 is 0 Å². The maximum Gasteiger partial charge on any atom is 0.00185 e. The van der Waals surface area contributed by atoms with Crippen LogP contribution in [0.4, 0.5) is 0 Å². The van der Waals surface area contributed by atoms with Crippen molar-refractivity contribution < 1.29 is 0 Å². The van der Waals surface area contributed by atoms with Crippen molar-refractivity contribution in [1.29, 1.82) is 0 Å². The molecule has 1 N–H and O–H groups in total. The molecule has 2 nitrogen and oxygen atoms in total. The highest BCUT2D eigenvalue weighted by atomic mass is 15.2. The van der Waals surface area contributed by atoms with Gasteiger partial charge in [-0.1, -0.05) is 13.8 Å². The fourth-order valence-corrected chi connectivity index (χ4v) is 3.79. The van der Waals surface area contributed by atoms with E-state index >= 15 is 0 Å². The standard InChI is InChI=1S/C13H24N2/c1-13(2)11-8-15(9-12(11)13)7-10-3-5-14-6-4-10/h10-12,14H,3-9H2,1-2H3. The van der Waals surface area contributed by atoms with E-state index in [0.29, 0.717) is 5.41 Å². The first-order valence-electron chi connectivity index (χ1n) is 6.61. The minimum Gasteiger partial charge on any atom is -0.317 e. The Kier molecular flexibility index (Phi) is 2.33. The van der Waals surface area contributed by atoms with E-state index in [1.54, 1.807) is 0 Å². The van der Waals surface area contributed by atoms with Gasteiger partial charge in [0.15, 0.2) is 0 Å². The first-order valence-corrected chi connectivity index (χ1v) is 6.61.